The summed E-state index contributed by atoms with van der Waals surface area (Å²) in [7, 11) is 1.58. The van der Waals surface area contributed by atoms with Crippen LogP contribution in [0.5, 0.6) is 5.75 Å². The number of hydrogen-bond donors (Lipinski definition) is 0. The molecule has 1 amide bonds. The van der Waals surface area contributed by atoms with Crippen molar-refractivity contribution in [3.63, 3.8) is 0 Å². The van der Waals surface area contributed by atoms with E-state index in [4.69, 9.17) is 9.47 Å². The molecule has 0 aliphatic heterocycles. The molecule has 2 aromatic rings. The Kier molecular flexibility index (Phi) is 5.69. The van der Waals surface area contributed by atoms with Crippen LogP contribution in [0.15, 0.2) is 42.5 Å². The van der Waals surface area contributed by atoms with Gasteiger partial charge in [0.15, 0.2) is 6.61 Å². The molecular formula is C20H19F2NO4. The molecule has 0 spiro atoms. The fourth-order valence-electron chi connectivity index (χ4n) is 2.68. The van der Waals surface area contributed by atoms with Gasteiger partial charge in [-0.3, -0.25) is 4.79 Å². The number of carbonyl (C=O) groups is 2. The van der Waals surface area contributed by atoms with Crippen LogP contribution in [0.2, 0.25) is 0 Å². The van der Waals surface area contributed by atoms with Crippen molar-refractivity contribution in [1.29, 1.82) is 0 Å². The largest absolute Gasteiger partial charge is 0.497 e. The molecule has 1 aliphatic carbocycles. The number of ether oxygens (including phenoxy) is 2. The molecule has 0 radical (unpaired) electrons. The molecule has 27 heavy (non-hydrogen) atoms. The number of halogens is 2. The average molecular weight is 375 g/mol. The highest BCUT2D eigenvalue weighted by atomic mass is 19.1. The van der Waals surface area contributed by atoms with Gasteiger partial charge in [0.2, 0.25) is 0 Å². The predicted molar refractivity (Wildman–Crippen MR) is 93.2 cm³/mol. The molecule has 7 heteroatoms. The molecule has 0 bridgehead atoms. The molecule has 0 unspecified atom stereocenters. The highest BCUT2D eigenvalue weighted by Crippen LogP contribution is 2.29. The number of nitrogens with zero attached hydrogens (tertiary/aromatic N) is 1. The average Bonchev–Trinajstić information content (AvgIpc) is 3.49. The van der Waals surface area contributed by atoms with Crippen LogP contribution in [0.1, 0.15) is 28.8 Å². The second kappa shape index (κ2) is 8.16. The minimum Gasteiger partial charge on any atom is -0.497 e. The topological polar surface area (TPSA) is 55.8 Å². The summed E-state index contributed by atoms with van der Waals surface area (Å²) in [5.41, 5.74) is 0.518. The monoisotopic (exact) mass is 375 g/mol. The maximum absolute atomic E-state index is 13.6. The van der Waals surface area contributed by atoms with Crippen LogP contribution >= 0.6 is 0 Å². The van der Waals surface area contributed by atoms with E-state index >= 15 is 0 Å². The summed E-state index contributed by atoms with van der Waals surface area (Å²) in [6.45, 7) is -0.113. The summed E-state index contributed by atoms with van der Waals surface area (Å²) in [5.74, 6) is -2.45. The number of carbonyl (C=O) groups excluding carboxylic acids is 2. The Morgan fingerprint density at radius 1 is 1.11 bits per heavy atom. The zero-order chi connectivity index (χ0) is 19.4. The first-order valence-corrected chi connectivity index (χ1v) is 8.52. The van der Waals surface area contributed by atoms with Crippen molar-refractivity contribution >= 4 is 11.9 Å². The van der Waals surface area contributed by atoms with Crippen molar-refractivity contribution in [2.24, 2.45) is 0 Å². The summed E-state index contributed by atoms with van der Waals surface area (Å²) in [6, 6.07) is 10.0. The molecule has 1 saturated carbocycles. The fraction of sp³-hybridized carbons (Fsp3) is 0.300. The number of hydrogen-bond acceptors (Lipinski definition) is 4. The normalized spacial score (nSPS) is 13.1. The molecule has 0 N–H and O–H groups in total. The van der Waals surface area contributed by atoms with Gasteiger partial charge in [-0.1, -0.05) is 12.1 Å². The lowest BCUT2D eigenvalue weighted by molar-refractivity contribution is -0.135. The van der Waals surface area contributed by atoms with Crippen molar-refractivity contribution in [2.75, 3.05) is 13.7 Å². The quantitative estimate of drug-likeness (QED) is 0.697. The van der Waals surface area contributed by atoms with E-state index in [1.54, 1.807) is 12.0 Å². The number of esters is 1. The standard InChI is InChI=1S/C20H19F2NO4/c1-26-16-7-2-13(3-8-16)11-23(15-5-6-15)19(24)12-27-20(25)17-9-4-14(21)10-18(17)22/h2-4,7-10,15H,5-6,11-12H2,1H3. The second-order valence-electron chi connectivity index (χ2n) is 6.30. The first kappa shape index (κ1) is 18.8. The highest BCUT2D eigenvalue weighted by Gasteiger charge is 2.33. The molecule has 0 heterocycles. The van der Waals surface area contributed by atoms with E-state index in [1.165, 1.54) is 0 Å². The Morgan fingerprint density at radius 3 is 2.41 bits per heavy atom. The van der Waals surface area contributed by atoms with E-state index in [1.807, 2.05) is 24.3 Å². The summed E-state index contributed by atoms with van der Waals surface area (Å²) in [5, 5.41) is 0. The van der Waals surface area contributed by atoms with Crippen molar-refractivity contribution in [2.45, 2.75) is 25.4 Å². The Labute approximate surface area is 155 Å². The molecule has 142 valence electrons. The molecule has 0 saturated heterocycles. The predicted octanol–water partition coefficient (Wildman–Crippen LogP) is 3.32. The Bertz CT molecular complexity index is 834. The van der Waals surface area contributed by atoms with E-state index in [0.29, 0.717) is 12.6 Å². The Balaban J connectivity index is 1.60. The highest BCUT2D eigenvalue weighted by molar-refractivity contribution is 5.91. The van der Waals surface area contributed by atoms with Gasteiger partial charge in [0.25, 0.3) is 5.91 Å². The van der Waals surface area contributed by atoms with Gasteiger partial charge < -0.3 is 14.4 Å². The maximum atomic E-state index is 13.6. The number of methoxy groups -OCH3 is 1. The van der Waals surface area contributed by atoms with Crippen LogP contribution in [-0.2, 0) is 16.1 Å². The summed E-state index contributed by atoms with van der Waals surface area (Å²) >= 11 is 0. The van der Waals surface area contributed by atoms with Crippen molar-refractivity contribution in [1.82, 2.24) is 4.90 Å². The molecule has 2 aromatic carbocycles. The van der Waals surface area contributed by atoms with Crippen LogP contribution < -0.4 is 4.74 Å². The van der Waals surface area contributed by atoms with E-state index in [2.05, 4.69) is 0 Å². The smallest absolute Gasteiger partial charge is 0.341 e. The third kappa shape index (κ3) is 4.81. The van der Waals surface area contributed by atoms with Crippen LogP contribution in [0.4, 0.5) is 8.78 Å². The minimum absolute atomic E-state index is 0.112. The maximum Gasteiger partial charge on any atom is 0.341 e. The Hall–Kier alpha value is -2.96. The number of amides is 1. The van der Waals surface area contributed by atoms with E-state index < -0.39 is 29.8 Å². The summed E-state index contributed by atoms with van der Waals surface area (Å²) < 4.78 is 36.6. The van der Waals surface area contributed by atoms with Crippen LogP contribution in [-0.4, -0.2) is 36.5 Å². The number of benzene rings is 2. The summed E-state index contributed by atoms with van der Waals surface area (Å²) in [6.07, 6.45) is 1.78. The van der Waals surface area contributed by atoms with Crippen LogP contribution in [0.3, 0.4) is 0 Å². The van der Waals surface area contributed by atoms with Gasteiger partial charge in [0.1, 0.15) is 17.4 Å². The van der Waals surface area contributed by atoms with Crippen molar-refractivity contribution < 1.29 is 27.8 Å². The first-order chi connectivity index (χ1) is 13.0. The second-order valence-corrected chi connectivity index (χ2v) is 6.30. The molecular weight excluding hydrogens is 356 g/mol. The van der Waals surface area contributed by atoms with Gasteiger partial charge in [-0.25, -0.2) is 13.6 Å². The van der Waals surface area contributed by atoms with Crippen LogP contribution in [0.25, 0.3) is 0 Å². The minimum atomic E-state index is -1.02. The number of rotatable bonds is 7. The van der Waals surface area contributed by atoms with Gasteiger partial charge in [-0.15, -0.1) is 0 Å². The first-order valence-electron chi connectivity index (χ1n) is 8.52. The van der Waals surface area contributed by atoms with E-state index in [-0.39, 0.29) is 11.9 Å². The molecule has 0 aromatic heterocycles. The SMILES string of the molecule is COc1ccc(CN(C(=O)COC(=O)c2ccc(F)cc2F)C2CC2)cc1. The van der Waals surface area contributed by atoms with Crippen LogP contribution in [0, 0.1) is 11.6 Å². The fourth-order valence-corrected chi connectivity index (χ4v) is 2.68. The van der Waals surface area contributed by atoms with E-state index in [0.717, 1.165) is 36.3 Å². The van der Waals surface area contributed by atoms with Gasteiger partial charge in [0.05, 0.1) is 12.7 Å². The van der Waals surface area contributed by atoms with Gasteiger partial charge in [-0.05, 0) is 42.7 Å². The zero-order valence-corrected chi connectivity index (χ0v) is 14.8. The molecule has 5 nitrogen and oxygen atoms in total. The third-order valence-electron chi connectivity index (χ3n) is 4.30. The lowest BCUT2D eigenvalue weighted by atomic mass is 10.2. The summed E-state index contributed by atoms with van der Waals surface area (Å²) in [4.78, 5) is 26.1. The molecule has 1 fully saturated rings. The molecule has 3 rings (SSSR count). The van der Waals surface area contributed by atoms with Crippen molar-refractivity contribution in [3.05, 3.63) is 65.2 Å². The molecule has 0 atom stereocenters. The van der Waals surface area contributed by atoms with Gasteiger partial charge in [0, 0.05) is 18.7 Å². The van der Waals surface area contributed by atoms with Gasteiger partial charge >= 0.3 is 5.97 Å². The lowest BCUT2D eigenvalue weighted by Gasteiger charge is -2.22. The van der Waals surface area contributed by atoms with E-state index in [9.17, 15) is 18.4 Å². The Morgan fingerprint density at radius 2 is 1.81 bits per heavy atom. The zero-order valence-electron chi connectivity index (χ0n) is 14.8. The van der Waals surface area contributed by atoms with Crippen molar-refractivity contribution in [3.8, 4) is 5.75 Å². The third-order valence-corrected chi connectivity index (χ3v) is 4.30. The van der Waals surface area contributed by atoms with Gasteiger partial charge in [-0.2, -0.15) is 0 Å². The lowest BCUT2D eigenvalue weighted by Crippen LogP contribution is -2.36. The molecule has 1 aliphatic rings.